The van der Waals surface area contributed by atoms with Crippen molar-refractivity contribution in [2.45, 2.75) is 45.2 Å². The number of hydrogen-bond acceptors (Lipinski definition) is 3. The van der Waals surface area contributed by atoms with E-state index in [0.717, 1.165) is 18.7 Å². The normalized spacial score (nSPS) is 12.6. The Labute approximate surface area is 95.3 Å². The molecule has 90 valence electrons. The molecule has 5 nitrogen and oxygen atoms in total. The zero-order valence-electron chi connectivity index (χ0n) is 9.59. The Balaban J connectivity index is 2.42. The molecule has 1 heterocycles. The monoisotopic (exact) mass is 225 g/mol. The fourth-order valence-corrected chi connectivity index (χ4v) is 1.49. The van der Waals surface area contributed by atoms with Crippen LogP contribution in [0.3, 0.4) is 0 Å². The van der Waals surface area contributed by atoms with Crippen molar-refractivity contribution in [3.8, 4) is 0 Å². The zero-order chi connectivity index (χ0) is 12.0. The summed E-state index contributed by atoms with van der Waals surface area (Å²) in [5, 5.41) is 8.66. The van der Waals surface area contributed by atoms with Crippen LogP contribution in [0.1, 0.15) is 31.9 Å². The number of aromatic nitrogens is 2. The number of imidazole rings is 1. The van der Waals surface area contributed by atoms with E-state index in [1.165, 1.54) is 12.8 Å². The molecule has 0 saturated heterocycles. The molecule has 1 rings (SSSR count). The molecular weight excluding hydrogens is 206 g/mol. The minimum Gasteiger partial charge on any atom is -0.480 e. The number of unbranched alkanes of at least 4 members (excludes halogenated alkanes) is 2. The number of carboxylic acids is 1. The molecule has 0 aliphatic heterocycles. The van der Waals surface area contributed by atoms with Gasteiger partial charge in [-0.3, -0.25) is 4.79 Å². The summed E-state index contributed by atoms with van der Waals surface area (Å²) in [5.74, 6) is -0.986. The molecule has 0 saturated carbocycles. The summed E-state index contributed by atoms with van der Waals surface area (Å²) in [4.78, 5) is 14.7. The lowest BCUT2D eigenvalue weighted by Gasteiger charge is -2.02. The van der Waals surface area contributed by atoms with E-state index in [4.69, 9.17) is 10.8 Å². The van der Waals surface area contributed by atoms with E-state index in [9.17, 15) is 4.79 Å². The van der Waals surface area contributed by atoms with Crippen LogP contribution in [-0.2, 0) is 17.8 Å². The highest BCUT2D eigenvalue weighted by Gasteiger charge is 2.13. The van der Waals surface area contributed by atoms with Crippen LogP contribution in [0.4, 0.5) is 0 Å². The van der Waals surface area contributed by atoms with Crippen LogP contribution in [0, 0.1) is 0 Å². The summed E-state index contributed by atoms with van der Waals surface area (Å²) in [6, 6.07) is -0.862. The van der Waals surface area contributed by atoms with E-state index < -0.39 is 12.0 Å². The topological polar surface area (TPSA) is 81.1 Å². The predicted molar refractivity (Wildman–Crippen MR) is 61.1 cm³/mol. The van der Waals surface area contributed by atoms with Crippen molar-refractivity contribution in [3.05, 3.63) is 18.2 Å². The van der Waals surface area contributed by atoms with Crippen LogP contribution in [0.15, 0.2) is 12.5 Å². The first-order valence-corrected chi connectivity index (χ1v) is 5.62. The van der Waals surface area contributed by atoms with Gasteiger partial charge in [0.25, 0.3) is 0 Å². The standard InChI is InChI=1S/C11H19N3O2/c1-2-3-4-5-14-7-9(13-8-14)6-10(12)11(15)16/h7-8,10H,2-6,12H2,1H3,(H,15,16). The van der Waals surface area contributed by atoms with Crippen LogP contribution >= 0.6 is 0 Å². The average Bonchev–Trinajstić information content (AvgIpc) is 2.66. The summed E-state index contributed by atoms with van der Waals surface area (Å²) in [7, 11) is 0. The second-order valence-electron chi connectivity index (χ2n) is 3.96. The first kappa shape index (κ1) is 12.7. The van der Waals surface area contributed by atoms with Crippen molar-refractivity contribution < 1.29 is 9.90 Å². The fraction of sp³-hybridized carbons (Fsp3) is 0.636. The summed E-state index contributed by atoms with van der Waals surface area (Å²) in [5.41, 5.74) is 6.17. The van der Waals surface area contributed by atoms with Gasteiger partial charge < -0.3 is 15.4 Å². The number of nitrogens with zero attached hydrogens (tertiary/aromatic N) is 2. The van der Waals surface area contributed by atoms with Crippen LogP contribution in [0.5, 0.6) is 0 Å². The number of aliphatic carboxylic acids is 1. The second kappa shape index (κ2) is 6.27. The molecule has 16 heavy (non-hydrogen) atoms. The van der Waals surface area contributed by atoms with E-state index in [-0.39, 0.29) is 6.42 Å². The fourth-order valence-electron chi connectivity index (χ4n) is 1.49. The van der Waals surface area contributed by atoms with Crippen molar-refractivity contribution in [1.82, 2.24) is 9.55 Å². The lowest BCUT2D eigenvalue weighted by Crippen LogP contribution is -2.32. The second-order valence-corrected chi connectivity index (χ2v) is 3.96. The lowest BCUT2D eigenvalue weighted by molar-refractivity contribution is -0.138. The minimum absolute atomic E-state index is 0.288. The Morgan fingerprint density at radius 1 is 1.62 bits per heavy atom. The number of carboxylic acid groups (broad SMARTS) is 1. The van der Waals surface area contributed by atoms with Crippen molar-refractivity contribution in [2.24, 2.45) is 5.73 Å². The van der Waals surface area contributed by atoms with Crippen molar-refractivity contribution in [3.63, 3.8) is 0 Å². The highest BCUT2D eigenvalue weighted by molar-refractivity contribution is 5.73. The summed E-state index contributed by atoms with van der Waals surface area (Å²) in [6.45, 7) is 3.09. The van der Waals surface area contributed by atoms with Crippen LogP contribution in [0.25, 0.3) is 0 Å². The number of carbonyl (C=O) groups is 1. The van der Waals surface area contributed by atoms with Crippen LogP contribution in [0.2, 0.25) is 0 Å². The Morgan fingerprint density at radius 3 is 3.00 bits per heavy atom. The van der Waals surface area contributed by atoms with Gasteiger partial charge in [-0.05, 0) is 6.42 Å². The molecule has 0 spiro atoms. The van der Waals surface area contributed by atoms with E-state index >= 15 is 0 Å². The SMILES string of the molecule is CCCCCn1cnc(CC(N)C(=O)O)c1. The van der Waals surface area contributed by atoms with Crippen molar-refractivity contribution in [2.75, 3.05) is 0 Å². The largest absolute Gasteiger partial charge is 0.480 e. The third-order valence-corrected chi connectivity index (χ3v) is 2.45. The van der Waals surface area contributed by atoms with Crippen molar-refractivity contribution in [1.29, 1.82) is 0 Å². The molecule has 0 aliphatic rings. The zero-order valence-corrected chi connectivity index (χ0v) is 9.59. The van der Waals surface area contributed by atoms with E-state index in [1.54, 1.807) is 6.33 Å². The molecule has 5 heteroatoms. The number of hydrogen-bond donors (Lipinski definition) is 2. The van der Waals surface area contributed by atoms with Gasteiger partial charge in [-0.15, -0.1) is 0 Å². The molecule has 3 N–H and O–H groups in total. The highest BCUT2D eigenvalue weighted by atomic mass is 16.4. The molecule has 0 amide bonds. The molecule has 1 aromatic rings. The Kier molecular flexibility index (Phi) is 4.98. The van der Waals surface area contributed by atoms with Crippen LogP contribution < -0.4 is 5.73 Å². The van der Waals surface area contributed by atoms with Gasteiger partial charge in [-0.2, -0.15) is 0 Å². The molecule has 0 bridgehead atoms. The van der Waals surface area contributed by atoms with Gasteiger partial charge in [0.2, 0.25) is 0 Å². The first-order valence-electron chi connectivity index (χ1n) is 5.62. The molecule has 1 unspecified atom stereocenters. The maximum Gasteiger partial charge on any atom is 0.320 e. The van der Waals surface area contributed by atoms with Gasteiger partial charge in [0, 0.05) is 19.2 Å². The molecule has 0 aromatic carbocycles. The van der Waals surface area contributed by atoms with E-state index in [2.05, 4.69) is 11.9 Å². The van der Waals surface area contributed by atoms with Gasteiger partial charge in [-0.1, -0.05) is 19.8 Å². The van der Waals surface area contributed by atoms with Gasteiger partial charge >= 0.3 is 5.97 Å². The number of nitrogens with two attached hydrogens (primary N) is 1. The molecule has 0 radical (unpaired) electrons. The van der Waals surface area contributed by atoms with Crippen molar-refractivity contribution >= 4 is 5.97 Å². The third-order valence-electron chi connectivity index (χ3n) is 2.45. The van der Waals surface area contributed by atoms with E-state index in [1.807, 2.05) is 10.8 Å². The minimum atomic E-state index is -0.986. The molecule has 1 aromatic heterocycles. The Hall–Kier alpha value is -1.36. The molecular formula is C11H19N3O2. The smallest absolute Gasteiger partial charge is 0.320 e. The van der Waals surface area contributed by atoms with Gasteiger partial charge in [0.15, 0.2) is 0 Å². The third kappa shape index (κ3) is 4.02. The Morgan fingerprint density at radius 2 is 2.38 bits per heavy atom. The first-order chi connectivity index (χ1) is 7.63. The summed E-state index contributed by atoms with van der Waals surface area (Å²) >= 11 is 0. The summed E-state index contributed by atoms with van der Waals surface area (Å²) in [6.07, 6.45) is 7.40. The molecule has 0 aliphatic carbocycles. The van der Waals surface area contributed by atoms with Crippen LogP contribution in [-0.4, -0.2) is 26.7 Å². The van der Waals surface area contributed by atoms with Gasteiger partial charge in [0.05, 0.1) is 12.0 Å². The Bertz CT molecular complexity index is 336. The predicted octanol–water partition coefficient (Wildman–Crippen LogP) is 1.03. The molecule has 0 fully saturated rings. The highest BCUT2D eigenvalue weighted by Crippen LogP contribution is 2.03. The van der Waals surface area contributed by atoms with Gasteiger partial charge in [-0.25, -0.2) is 4.98 Å². The number of rotatable bonds is 7. The summed E-state index contributed by atoms with van der Waals surface area (Å²) < 4.78 is 1.99. The maximum atomic E-state index is 10.6. The number of aryl methyl sites for hydroxylation is 1. The maximum absolute atomic E-state index is 10.6. The van der Waals surface area contributed by atoms with E-state index in [0.29, 0.717) is 0 Å². The quantitative estimate of drug-likeness (QED) is 0.679. The molecule has 1 atom stereocenters. The lowest BCUT2D eigenvalue weighted by atomic mass is 10.2. The average molecular weight is 225 g/mol. The van der Waals surface area contributed by atoms with Gasteiger partial charge in [0.1, 0.15) is 6.04 Å².